The highest BCUT2D eigenvalue weighted by molar-refractivity contribution is 6.17. The standard InChI is InChI=1S/C14H20ClNO/c1-4-14(3,9-10-15)16-13(17)12-8-6-5-7-11(12)2/h5-8H,4,9-10H2,1-3H3,(H,16,17). The SMILES string of the molecule is CCC(C)(CCCl)NC(=O)c1ccccc1C. The third kappa shape index (κ3) is 3.74. The normalized spacial score (nSPS) is 14.1. The number of alkyl halides is 1. The second-order valence-electron chi connectivity index (χ2n) is 4.62. The Morgan fingerprint density at radius 3 is 2.59 bits per heavy atom. The van der Waals surface area contributed by atoms with Crippen LogP contribution in [-0.4, -0.2) is 17.3 Å². The first-order chi connectivity index (χ1) is 8.02. The van der Waals surface area contributed by atoms with Crippen LogP contribution in [0.5, 0.6) is 0 Å². The second kappa shape index (κ2) is 6.06. The van der Waals surface area contributed by atoms with Gasteiger partial charge in [0.1, 0.15) is 0 Å². The minimum atomic E-state index is -0.221. The molecule has 1 amide bonds. The molecule has 0 aromatic heterocycles. The number of aryl methyl sites for hydroxylation is 1. The van der Waals surface area contributed by atoms with Crippen molar-refractivity contribution in [2.24, 2.45) is 0 Å². The summed E-state index contributed by atoms with van der Waals surface area (Å²) in [6.45, 7) is 6.04. The molecule has 0 heterocycles. The van der Waals surface area contributed by atoms with E-state index in [9.17, 15) is 4.79 Å². The Balaban J connectivity index is 2.82. The van der Waals surface area contributed by atoms with Crippen LogP contribution in [0.2, 0.25) is 0 Å². The van der Waals surface area contributed by atoms with Gasteiger partial charge in [0.25, 0.3) is 5.91 Å². The zero-order valence-electron chi connectivity index (χ0n) is 10.7. The molecular formula is C14H20ClNO. The van der Waals surface area contributed by atoms with Crippen LogP contribution in [0.1, 0.15) is 42.6 Å². The van der Waals surface area contributed by atoms with Crippen LogP contribution in [0.3, 0.4) is 0 Å². The largest absolute Gasteiger partial charge is 0.347 e. The molecule has 0 aliphatic rings. The van der Waals surface area contributed by atoms with E-state index in [4.69, 9.17) is 11.6 Å². The van der Waals surface area contributed by atoms with Gasteiger partial charge < -0.3 is 5.32 Å². The zero-order chi connectivity index (χ0) is 12.9. The van der Waals surface area contributed by atoms with E-state index in [0.717, 1.165) is 24.0 Å². The molecule has 1 unspecified atom stereocenters. The number of carbonyl (C=O) groups excluding carboxylic acids is 1. The first kappa shape index (κ1) is 14.0. The Kier molecular flexibility index (Phi) is 5.01. The lowest BCUT2D eigenvalue weighted by Gasteiger charge is -2.29. The van der Waals surface area contributed by atoms with E-state index in [-0.39, 0.29) is 11.4 Å². The van der Waals surface area contributed by atoms with E-state index >= 15 is 0 Å². The van der Waals surface area contributed by atoms with Crippen molar-refractivity contribution < 1.29 is 4.79 Å². The molecule has 1 N–H and O–H groups in total. The van der Waals surface area contributed by atoms with Crippen molar-refractivity contribution >= 4 is 17.5 Å². The molecule has 0 saturated heterocycles. The van der Waals surface area contributed by atoms with Gasteiger partial charge in [-0.2, -0.15) is 0 Å². The summed E-state index contributed by atoms with van der Waals surface area (Å²) in [4.78, 5) is 12.2. The average molecular weight is 254 g/mol. The molecule has 3 heteroatoms. The number of carbonyl (C=O) groups is 1. The van der Waals surface area contributed by atoms with Gasteiger partial charge in [-0.15, -0.1) is 11.6 Å². The van der Waals surface area contributed by atoms with E-state index < -0.39 is 0 Å². The summed E-state index contributed by atoms with van der Waals surface area (Å²) < 4.78 is 0. The summed E-state index contributed by atoms with van der Waals surface area (Å²) in [5, 5.41) is 3.08. The minimum Gasteiger partial charge on any atom is -0.347 e. The number of halogens is 1. The first-order valence-corrected chi connectivity index (χ1v) is 6.50. The predicted octanol–water partition coefficient (Wildman–Crippen LogP) is 3.52. The number of rotatable bonds is 5. The highest BCUT2D eigenvalue weighted by Crippen LogP contribution is 2.17. The Bertz CT molecular complexity index is 392. The Morgan fingerprint density at radius 2 is 2.06 bits per heavy atom. The van der Waals surface area contributed by atoms with Gasteiger partial charge in [-0.05, 0) is 38.3 Å². The smallest absolute Gasteiger partial charge is 0.251 e. The van der Waals surface area contributed by atoms with Crippen molar-refractivity contribution in [2.75, 3.05) is 5.88 Å². The van der Waals surface area contributed by atoms with Crippen molar-refractivity contribution in [3.63, 3.8) is 0 Å². The lowest BCUT2D eigenvalue weighted by Crippen LogP contribution is -2.46. The van der Waals surface area contributed by atoms with E-state index in [2.05, 4.69) is 12.2 Å². The Labute approximate surface area is 108 Å². The van der Waals surface area contributed by atoms with Gasteiger partial charge in [-0.25, -0.2) is 0 Å². The molecule has 1 rings (SSSR count). The first-order valence-electron chi connectivity index (χ1n) is 5.96. The fourth-order valence-corrected chi connectivity index (χ4v) is 2.12. The molecule has 17 heavy (non-hydrogen) atoms. The average Bonchev–Trinajstić information content (AvgIpc) is 2.29. The fraction of sp³-hybridized carbons (Fsp3) is 0.500. The maximum Gasteiger partial charge on any atom is 0.251 e. The summed E-state index contributed by atoms with van der Waals surface area (Å²) in [6.07, 6.45) is 1.65. The van der Waals surface area contributed by atoms with Crippen LogP contribution >= 0.6 is 11.6 Å². The molecule has 1 aromatic rings. The lowest BCUT2D eigenvalue weighted by atomic mass is 9.94. The van der Waals surface area contributed by atoms with Gasteiger partial charge in [0.15, 0.2) is 0 Å². The van der Waals surface area contributed by atoms with Crippen LogP contribution in [0, 0.1) is 6.92 Å². The highest BCUT2D eigenvalue weighted by Gasteiger charge is 2.24. The maximum absolute atomic E-state index is 12.2. The molecule has 2 nitrogen and oxygen atoms in total. The lowest BCUT2D eigenvalue weighted by molar-refractivity contribution is 0.0901. The summed E-state index contributed by atoms with van der Waals surface area (Å²) in [5.74, 6) is 0.538. The van der Waals surface area contributed by atoms with Gasteiger partial charge in [0.05, 0.1) is 0 Å². The van der Waals surface area contributed by atoms with Gasteiger partial charge >= 0.3 is 0 Å². The van der Waals surface area contributed by atoms with Crippen molar-refractivity contribution in [3.8, 4) is 0 Å². The van der Waals surface area contributed by atoms with Crippen LogP contribution in [0.25, 0.3) is 0 Å². The van der Waals surface area contributed by atoms with E-state index in [1.165, 1.54) is 0 Å². The number of nitrogens with one attached hydrogen (secondary N) is 1. The van der Waals surface area contributed by atoms with Gasteiger partial charge in [0.2, 0.25) is 0 Å². The molecule has 0 radical (unpaired) electrons. The Morgan fingerprint density at radius 1 is 1.41 bits per heavy atom. The quantitative estimate of drug-likeness (QED) is 0.800. The molecule has 1 aromatic carbocycles. The van der Waals surface area contributed by atoms with Gasteiger partial charge in [0, 0.05) is 17.0 Å². The predicted molar refractivity (Wildman–Crippen MR) is 72.7 cm³/mol. The van der Waals surface area contributed by atoms with Crippen molar-refractivity contribution in [1.82, 2.24) is 5.32 Å². The molecule has 0 aliphatic heterocycles. The van der Waals surface area contributed by atoms with Crippen LogP contribution < -0.4 is 5.32 Å². The summed E-state index contributed by atoms with van der Waals surface area (Å²) >= 11 is 5.77. The monoisotopic (exact) mass is 253 g/mol. The number of hydrogen-bond acceptors (Lipinski definition) is 1. The second-order valence-corrected chi connectivity index (χ2v) is 5.00. The summed E-state index contributed by atoms with van der Waals surface area (Å²) in [6, 6.07) is 7.61. The van der Waals surface area contributed by atoms with Gasteiger partial charge in [-0.3, -0.25) is 4.79 Å². The van der Waals surface area contributed by atoms with Crippen molar-refractivity contribution in [2.45, 2.75) is 39.2 Å². The Hall–Kier alpha value is -1.02. The summed E-state index contributed by atoms with van der Waals surface area (Å²) in [7, 11) is 0. The topological polar surface area (TPSA) is 29.1 Å². The van der Waals surface area contributed by atoms with Crippen LogP contribution in [0.15, 0.2) is 24.3 Å². The third-order valence-corrected chi connectivity index (χ3v) is 3.42. The number of hydrogen-bond donors (Lipinski definition) is 1. The maximum atomic E-state index is 12.2. The zero-order valence-corrected chi connectivity index (χ0v) is 11.5. The fourth-order valence-electron chi connectivity index (χ4n) is 1.71. The van der Waals surface area contributed by atoms with Gasteiger partial charge in [-0.1, -0.05) is 25.1 Å². The third-order valence-electron chi connectivity index (χ3n) is 3.23. The molecule has 0 saturated carbocycles. The van der Waals surface area contributed by atoms with E-state index in [1.54, 1.807) is 0 Å². The molecule has 0 bridgehead atoms. The molecule has 0 spiro atoms. The molecule has 0 aliphatic carbocycles. The van der Waals surface area contributed by atoms with Crippen LogP contribution in [0.4, 0.5) is 0 Å². The van der Waals surface area contributed by atoms with E-state index in [0.29, 0.717) is 5.88 Å². The molecule has 0 fully saturated rings. The van der Waals surface area contributed by atoms with E-state index in [1.807, 2.05) is 38.1 Å². The minimum absolute atomic E-state index is 0.0161. The van der Waals surface area contributed by atoms with Crippen LogP contribution in [-0.2, 0) is 0 Å². The molecule has 1 atom stereocenters. The van der Waals surface area contributed by atoms with Crippen molar-refractivity contribution in [3.05, 3.63) is 35.4 Å². The molecule has 94 valence electrons. The number of benzene rings is 1. The number of amides is 1. The molecular weight excluding hydrogens is 234 g/mol. The van der Waals surface area contributed by atoms with Crippen molar-refractivity contribution in [1.29, 1.82) is 0 Å². The highest BCUT2D eigenvalue weighted by atomic mass is 35.5. The summed E-state index contributed by atoms with van der Waals surface area (Å²) in [5.41, 5.74) is 1.51.